The second kappa shape index (κ2) is 9.20. The summed E-state index contributed by atoms with van der Waals surface area (Å²) in [6, 6.07) is 7.48. The molecule has 1 aromatic carbocycles. The zero-order valence-corrected chi connectivity index (χ0v) is 12.4. The fourth-order valence-electron chi connectivity index (χ4n) is 1.74. The molecule has 0 heterocycles. The van der Waals surface area contributed by atoms with Gasteiger partial charge in [0.25, 0.3) is 0 Å². The third-order valence-corrected chi connectivity index (χ3v) is 2.89. The third-order valence-electron chi connectivity index (χ3n) is 2.89. The van der Waals surface area contributed by atoms with Crippen LogP contribution in [0.3, 0.4) is 0 Å². The summed E-state index contributed by atoms with van der Waals surface area (Å²) in [6.07, 6.45) is 0.773. The van der Waals surface area contributed by atoms with Gasteiger partial charge in [0.05, 0.1) is 13.7 Å². The molecule has 5 heteroatoms. The predicted octanol–water partition coefficient (Wildman–Crippen LogP) is 1.44. The molecule has 2 N–H and O–H groups in total. The summed E-state index contributed by atoms with van der Waals surface area (Å²) in [5.41, 5.74) is 0. The molecule has 0 aromatic heterocycles. The van der Waals surface area contributed by atoms with E-state index in [1.165, 1.54) is 0 Å². The Bertz CT molecular complexity index is 410. The smallest absolute Gasteiger partial charge is 0.224 e. The molecule has 1 unspecified atom stereocenters. The van der Waals surface area contributed by atoms with Crippen LogP contribution in [0.5, 0.6) is 11.5 Å². The summed E-state index contributed by atoms with van der Waals surface area (Å²) in [5.74, 6) is 1.61. The largest absolute Gasteiger partial charge is 0.497 e. The van der Waals surface area contributed by atoms with Crippen molar-refractivity contribution in [3.05, 3.63) is 24.3 Å². The molecule has 1 rings (SSSR count). The van der Waals surface area contributed by atoms with Crippen molar-refractivity contribution in [2.24, 2.45) is 5.92 Å². The maximum atomic E-state index is 11.6. The van der Waals surface area contributed by atoms with E-state index >= 15 is 0 Å². The number of carbonyl (C=O) groups excluding carboxylic acids is 1. The molecule has 0 radical (unpaired) electrons. The Kier molecular flexibility index (Phi) is 7.50. The van der Waals surface area contributed by atoms with E-state index in [4.69, 9.17) is 9.47 Å². The fourth-order valence-corrected chi connectivity index (χ4v) is 1.74. The first kappa shape index (κ1) is 16.3. The monoisotopic (exact) mass is 280 g/mol. The van der Waals surface area contributed by atoms with Crippen LogP contribution >= 0.6 is 0 Å². The third kappa shape index (κ3) is 5.93. The number of amides is 1. The summed E-state index contributed by atoms with van der Waals surface area (Å²) in [6.45, 7) is 3.77. The Morgan fingerprint density at radius 3 is 2.80 bits per heavy atom. The van der Waals surface area contributed by atoms with Crippen molar-refractivity contribution >= 4 is 5.91 Å². The number of benzene rings is 1. The minimum Gasteiger partial charge on any atom is -0.497 e. The van der Waals surface area contributed by atoms with Gasteiger partial charge in [0.2, 0.25) is 5.91 Å². The van der Waals surface area contributed by atoms with E-state index in [0.29, 0.717) is 19.7 Å². The van der Waals surface area contributed by atoms with Gasteiger partial charge >= 0.3 is 0 Å². The van der Waals surface area contributed by atoms with Gasteiger partial charge in [-0.2, -0.15) is 0 Å². The average Bonchev–Trinajstić information content (AvgIpc) is 2.47. The number of rotatable bonds is 9. The van der Waals surface area contributed by atoms with E-state index in [1.807, 2.05) is 38.2 Å². The van der Waals surface area contributed by atoms with Gasteiger partial charge in [-0.3, -0.25) is 4.79 Å². The Balaban J connectivity index is 2.17. The lowest BCUT2D eigenvalue weighted by Gasteiger charge is -2.12. The number of nitrogens with one attached hydrogen (secondary N) is 2. The molecule has 0 spiro atoms. The van der Waals surface area contributed by atoms with Crippen molar-refractivity contribution in [1.82, 2.24) is 10.6 Å². The number of carbonyl (C=O) groups is 1. The van der Waals surface area contributed by atoms with Gasteiger partial charge < -0.3 is 20.1 Å². The van der Waals surface area contributed by atoms with Crippen molar-refractivity contribution in [2.45, 2.75) is 13.3 Å². The summed E-state index contributed by atoms with van der Waals surface area (Å²) < 4.78 is 10.7. The van der Waals surface area contributed by atoms with Crippen molar-refractivity contribution in [1.29, 1.82) is 0 Å². The first-order valence-corrected chi connectivity index (χ1v) is 6.86. The van der Waals surface area contributed by atoms with Crippen molar-refractivity contribution in [3.8, 4) is 11.5 Å². The standard InChI is InChI=1S/C15H24N2O3/c1-12(11-16-2)15(18)17-8-5-9-20-14-7-4-6-13(10-14)19-3/h4,6-7,10,12,16H,5,8-9,11H2,1-3H3,(H,17,18). The molecule has 0 saturated heterocycles. The fraction of sp³-hybridized carbons (Fsp3) is 0.533. The van der Waals surface area contributed by atoms with Crippen molar-refractivity contribution in [2.75, 3.05) is 33.9 Å². The van der Waals surface area contributed by atoms with Crippen molar-refractivity contribution in [3.63, 3.8) is 0 Å². The quantitative estimate of drug-likeness (QED) is 0.672. The molecule has 1 atom stereocenters. The summed E-state index contributed by atoms with van der Waals surface area (Å²) >= 11 is 0. The van der Waals surface area contributed by atoms with Gasteiger partial charge in [-0.1, -0.05) is 13.0 Å². The molecule has 1 aromatic rings. The molecule has 0 bridgehead atoms. The zero-order valence-electron chi connectivity index (χ0n) is 12.4. The molecule has 5 nitrogen and oxygen atoms in total. The molecule has 0 aliphatic rings. The minimum atomic E-state index is -0.0145. The maximum Gasteiger partial charge on any atom is 0.224 e. The molecule has 1 amide bonds. The Morgan fingerprint density at radius 2 is 2.10 bits per heavy atom. The average molecular weight is 280 g/mol. The van der Waals surface area contributed by atoms with Gasteiger partial charge in [-0.05, 0) is 25.6 Å². The van der Waals surface area contributed by atoms with Crippen LogP contribution in [0, 0.1) is 5.92 Å². The van der Waals surface area contributed by atoms with Crippen LogP contribution in [-0.4, -0.2) is 39.8 Å². The van der Waals surface area contributed by atoms with Gasteiger partial charge in [-0.25, -0.2) is 0 Å². The van der Waals surface area contributed by atoms with Crippen molar-refractivity contribution < 1.29 is 14.3 Å². The van der Waals surface area contributed by atoms with Crippen LogP contribution in [0.25, 0.3) is 0 Å². The maximum absolute atomic E-state index is 11.6. The second-order valence-corrected chi connectivity index (χ2v) is 4.63. The lowest BCUT2D eigenvalue weighted by Crippen LogP contribution is -2.35. The van der Waals surface area contributed by atoms with Crippen LogP contribution < -0.4 is 20.1 Å². The van der Waals surface area contributed by atoms with E-state index in [9.17, 15) is 4.79 Å². The van der Waals surface area contributed by atoms with Gasteiger partial charge in [0.15, 0.2) is 0 Å². The Hall–Kier alpha value is -1.75. The molecule has 0 saturated carbocycles. The Labute approximate surface area is 120 Å². The summed E-state index contributed by atoms with van der Waals surface area (Å²) in [7, 11) is 3.47. The first-order valence-electron chi connectivity index (χ1n) is 6.86. The van der Waals surface area contributed by atoms with E-state index in [1.54, 1.807) is 7.11 Å². The lowest BCUT2D eigenvalue weighted by atomic mass is 10.1. The molecule has 0 fully saturated rings. The highest BCUT2D eigenvalue weighted by Crippen LogP contribution is 2.18. The topological polar surface area (TPSA) is 59.6 Å². The highest BCUT2D eigenvalue weighted by atomic mass is 16.5. The van der Waals surface area contributed by atoms with Gasteiger partial charge in [0.1, 0.15) is 11.5 Å². The molecular formula is C15H24N2O3. The van der Waals surface area contributed by atoms with Crippen LogP contribution in [0.1, 0.15) is 13.3 Å². The number of ether oxygens (including phenoxy) is 2. The van der Waals surface area contributed by atoms with Gasteiger partial charge in [0, 0.05) is 25.1 Å². The second-order valence-electron chi connectivity index (χ2n) is 4.63. The number of hydrogen-bond donors (Lipinski definition) is 2. The van der Waals surface area contributed by atoms with Crippen LogP contribution in [-0.2, 0) is 4.79 Å². The van der Waals surface area contributed by atoms with Crippen LogP contribution in [0.4, 0.5) is 0 Å². The first-order chi connectivity index (χ1) is 9.67. The highest BCUT2D eigenvalue weighted by Gasteiger charge is 2.10. The van der Waals surface area contributed by atoms with Crippen LogP contribution in [0.2, 0.25) is 0 Å². The number of hydrogen-bond acceptors (Lipinski definition) is 4. The minimum absolute atomic E-state index is 0.0145. The van der Waals surface area contributed by atoms with E-state index in [-0.39, 0.29) is 11.8 Å². The predicted molar refractivity (Wildman–Crippen MR) is 79.2 cm³/mol. The number of methoxy groups -OCH3 is 1. The Morgan fingerprint density at radius 1 is 1.35 bits per heavy atom. The zero-order chi connectivity index (χ0) is 14.8. The highest BCUT2D eigenvalue weighted by molar-refractivity contribution is 5.78. The van der Waals surface area contributed by atoms with E-state index in [2.05, 4.69) is 10.6 Å². The summed E-state index contributed by atoms with van der Waals surface area (Å²) in [4.78, 5) is 11.6. The van der Waals surface area contributed by atoms with E-state index < -0.39 is 0 Å². The normalized spacial score (nSPS) is 11.8. The lowest BCUT2D eigenvalue weighted by molar-refractivity contribution is -0.124. The molecular weight excluding hydrogens is 256 g/mol. The molecule has 20 heavy (non-hydrogen) atoms. The summed E-state index contributed by atoms with van der Waals surface area (Å²) in [5, 5.41) is 5.88. The molecule has 0 aliphatic carbocycles. The van der Waals surface area contributed by atoms with Gasteiger partial charge in [-0.15, -0.1) is 0 Å². The van der Waals surface area contributed by atoms with Crippen LogP contribution in [0.15, 0.2) is 24.3 Å². The van der Waals surface area contributed by atoms with E-state index in [0.717, 1.165) is 17.9 Å². The SMILES string of the molecule is CNCC(C)C(=O)NCCCOc1cccc(OC)c1. The molecule has 0 aliphatic heterocycles. The molecule has 112 valence electrons.